The second-order valence-electron chi connectivity index (χ2n) is 4.24. The van der Waals surface area contributed by atoms with Crippen LogP contribution in [0.4, 0.5) is 0 Å². The van der Waals surface area contributed by atoms with E-state index >= 15 is 0 Å². The van der Waals surface area contributed by atoms with Gasteiger partial charge in [-0.15, -0.1) is 0 Å². The number of hydrogen-bond acceptors (Lipinski definition) is 3. The largest absolute Gasteiger partial charge is 0.489 e. The standard InChI is InChI=1S/C14H23NO2/c1-12-7-4-5-8-14(12)17-13(2)11-15-9-6-10-16-3/h4-5,7-8,13,15H,6,9-11H2,1-3H3. The molecule has 0 saturated heterocycles. The van der Waals surface area contributed by atoms with E-state index in [2.05, 4.69) is 25.2 Å². The molecule has 0 aliphatic heterocycles. The van der Waals surface area contributed by atoms with E-state index in [9.17, 15) is 0 Å². The average Bonchev–Trinajstić information content (AvgIpc) is 2.32. The Morgan fingerprint density at radius 1 is 1.29 bits per heavy atom. The highest BCUT2D eigenvalue weighted by molar-refractivity contribution is 5.31. The van der Waals surface area contributed by atoms with E-state index in [0.29, 0.717) is 0 Å². The Balaban J connectivity index is 2.21. The molecule has 0 aliphatic rings. The summed E-state index contributed by atoms with van der Waals surface area (Å²) in [4.78, 5) is 0. The first-order valence-electron chi connectivity index (χ1n) is 6.16. The van der Waals surface area contributed by atoms with Crippen molar-refractivity contribution in [3.8, 4) is 5.75 Å². The Bertz CT molecular complexity index is 315. The lowest BCUT2D eigenvalue weighted by Gasteiger charge is -2.16. The van der Waals surface area contributed by atoms with Crippen molar-refractivity contribution in [2.75, 3.05) is 26.8 Å². The predicted molar refractivity (Wildman–Crippen MR) is 70.6 cm³/mol. The van der Waals surface area contributed by atoms with Gasteiger partial charge in [0.05, 0.1) is 0 Å². The zero-order chi connectivity index (χ0) is 12.5. The van der Waals surface area contributed by atoms with Crippen molar-refractivity contribution in [3.05, 3.63) is 29.8 Å². The highest BCUT2D eigenvalue weighted by Crippen LogP contribution is 2.17. The molecule has 0 fully saturated rings. The zero-order valence-corrected chi connectivity index (χ0v) is 11.0. The topological polar surface area (TPSA) is 30.5 Å². The van der Waals surface area contributed by atoms with E-state index in [1.54, 1.807) is 7.11 Å². The van der Waals surface area contributed by atoms with Crippen LogP contribution in [-0.4, -0.2) is 32.9 Å². The lowest BCUT2D eigenvalue weighted by atomic mass is 10.2. The first-order chi connectivity index (χ1) is 8.24. The number of ether oxygens (including phenoxy) is 2. The molecule has 1 N–H and O–H groups in total. The maximum absolute atomic E-state index is 5.86. The van der Waals surface area contributed by atoms with Gasteiger partial charge in [-0.05, 0) is 38.4 Å². The van der Waals surface area contributed by atoms with Gasteiger partial charge >= 0.3 is 0 Å². The number of para-hydroxylation sites is 1. The summed E-state index contributed by atoms with van der Waals surface area (Å²) in [7, 11) is 1.73. The van der Waals surface area contributed by atoms with E-state index in [1.165, 1.54) is 5.56 Å². The minimum Gasteiger partial charge on any atom is -0.489 e. The Hall–Kier alpha value is -1.06. The molecule has 1 atom stereocenters. The van der Waals surface area contributed by atoms with Gasteiger partial charge in [-0.25, -0.2) is 0 Å². The summed E-state index contributed by atoms with van der Waals surface area (Å²) in [6.07, 6.45) is 1.21. The molecule has 0 aromatic heterocycles. The maximum atomic E-state index is 5.86. The molecule has 0 bridgehead atoms. The zero-order valence-electron chi connectivity index (χ0n) is 11.0. The van der Waals surface area contributed by atoms with Crippen molar-refractivity contribution in [1.82, 2.24) is 5.32 Å². The van der Waals surface area contributed by atoms with Crippen molar-refractivity contribution in [2.45, 2.75) is 26.4 Å². The molecule has 1 rings (SSSR count). The fraction of sp³-hybridized carbons (Fsp3) is 0.571. The van der Waals surface area contributed by atoms with Crippen LogP contribution in [0.5, 0.6) is 5.75 Å². The highest BCUT2D eigenvalue weighted by Gasteiger charge is 2.04. The van der Waals surface area contributed by atoms with E-state index in [-0.39, 0.29) is 6.10 Å². The van der Waals surface area contributed by atoms with E-state index in [1.807, 2.05) is 18.2 Å². The van der Waals surface area contributed by atoms with Gasteiger partial charge in [0, 0.05) is 20.3 Å². The third-order valence-corrected chi connectivity index (χ3v) is 2.56. The molecule has 0 amide bonds. The van der Waals surface area contributed by atoms with Crippen LogP contribution in [0.15, 0.2) is 24.3 Å². The highest BCUT2D eigenvalue weighted by atomic mass is 16.5. The van der Waals surface area contributed by atoms with Crippen molar-refractivity contribution in [3.63, 3.8) is 0 Å². The van der Waals surface area contributed by atoms with E-state index in [0.717, 1.165) is 31.9 Å². The normalized spacial score (nSPS) is 12.4. The summed E-state index contributed by atoms with van der Waals surface area (Å²) in [5.74, 6) is 0.971. The first-order valence-corrected chi connectivity index (χ1v) is 6.16. The molecule has 3 heteroatoms. The van der Waals surface area contributed by atoms with Gasteiger partial charge in [-0.2, -0.15) is 0 Å². The van der Waals surface area contributed by atoms with Crippen LogP contribution in [0.25, 0.3) is 0 Å². The van der Waals surface area contributed by atoms with Crippen molar-refractivity contribution in [1.29, 1.82) is 0 Å². The van der Waals surface area contributed by atoms with Crippen molar-refractivity contribution < 1.29 is 9.47 Å². The molecule has 17 heavy (non-hydrogen) atoms. The van der Waals surface area contributed by atoms with Gasteiger partial charge < -0.3 is 14.8 Å². The molecule has 0 saturated carbocycles. The van der Waals surface area contributed by atoms with Gasteiger partial charge in [0.15, 0.2) is 0 Å². The Kier molecular flexibility index (Phi) is 6.67. The molecule has 0 aliphatic carbocycles. The minimum atomic E-state index is 0.179. The lowest BCUT2D eigenvalue weighted by Crippen LogP contribution is -2.30. The van der Waals surface area contributed by atoms with Crippen molar-refractivity contribution in [2.24, 2.45) is 0 Å². The van der Waals surface area contributed by atoms with Gasteiger partial charge in [-0.1, -0.05) is 18.2 Å². The van der Waals surface area contributed by atoms with Gasteiger partial charge in [0.25, 0.3) is 0 Å². The van der Waals surface area contributed by atoms with E-state index < -0.39 is 0 Å². The van der Waals surface area contributed by atoms with Crippen LogP contribution < -0.4 is 10.1 Å². The molecule has 0 spiro atoms. The summed E-state index contributed by atoms with van der Waals surface area (Å²) >= 11 is 0. The average molecular weight is 237 g/mol. The molecular formula is C14H23NO2. The number of hydrogen-bond donors (Lipinski definition) is 1. The first kappa shape index (κ1) is 14.0. The fourth-order valence-corrected chi connectivity index (χ4v) is 1.59. The lowest BCUT2D eigenvalue weighted by molar-refractivity contribution is 0.188. The fourth-order valence-electron chi connectivity index (χ4n) is 1.59. The summed E-state index contributed by atoms with van der Waals surface area (Å²) in [6, 6.07) is 8.10. The number of nitrogens with one attached hydrogen (secondary N) is 1. The quantitative estimate of drug-likeness (QED) is 0.704. The SMILES string of the molecule is COCCCNCC(C)Oc1ccccc1C. The molecule has 1 unspecified atom stereocenters. The van der Waals surface area contributed by atoms with Crippen LogP contribution in [-0.2, 0) is 4.74 Å². The summed E-state index contributed by atoms with van der Waals surface area (Å²) in [5, 5.41) is 3.35. The van der Waals surface area contributed by atoms with Gasteiger partial charge in [0.2, 0.25) is 0 Å². The number of rotatable bonds is 8. The maximum Gasteiger partial charge on any atom is 0.122 e. The Morgan fingerprint density at radius 3 is 2.76 bits per heavy atom. The Labute approximate surface area is 104 Å². The van der Waals surface area contributed by atoms with Crippen molar-refractivity contribution >= 4 is 0 Å². The summed E-state index contributed by atoms with van der Waals surface area (Å²) in [6.45, 7) is 6.78. The van der Waals surface area contributed by atoms with Gasteiger partial charge in [0.1, 0.15) is 11.9 Å². The van der Waals surface area contributed by atoms with Crippen LogP contribution in [0.3, 0.4) is 0 Å². The molecule has 0 heterocycles. The third kappa shape index (κ3) is 5.71. The second kappa shape index (κ2) is 8.09. The number of aryl methyl sites for hydroxylation is 1. The molecule has 0 radical (unpaired) electrons. The summed E-state index contributed by atoms with van der Waals surface area (Å²) in [5.41, 5.74) is 1.18. The summed E-state index contributed by atoms with van der Waals surface area (Å²) < 4.78 is 10.8. The molecular weight excluding hydrogens is 214 g/mol. The van der Waals surface area contributed by atoms with Crippen LogP contribution in [0.2, 0.25) is 0 Å². The van der Waals surface area contributed by atoms with Crippen LogP contribution in [0, 0.1) is 6.92 Å². The van der Waals surface area contributed by atoms with Gasteiger partial charge in [-0.3, -0.25) is 0 Å². The van der Waals surface area contributed by atoms with Crippen LogP contribution in [0.1, 0.15) is 18.9 Å². The smallest absolute Gasteiger partial charge is 0.122 e. The van der Waals surface area contributed by atoms with E-state index in [4.69, 9.17) is 9.47 Å². The second-order valence-corrected chi connectivity index (χ2v) is 4.24. The molecule has 96 valence electrons. The predicted octanol–water partition coefficient (Wildman–Crippen LogP) is 2.39. The third-order valence-electron chi connectivity index (χ3n) is 2.56. The molecule has 3 nitrogen and oxygen atoms in total. The van der Waals surface area contributed by atoms with Crippen LogP contribution >= 0.6 is 0 Å². The molecule has 1 aromatic rings. The molecule has 1 aromatic carbocycles. The monoisotopic (exact) mass is 237 g/mol. The minimum absolute atomic E-state index is 0.179. The number of methoxy groups -OCH3 is 1. The number of benzene rings is 1. The Morgan fingerprint density at radius 2 is 2.06 bits per heavy atom.